The van der Waals surface area contributed by atoms with Gasteiger partial charge in [0.05, 0.1) is 34.3 Å². The molecule has 1 saturated carbocycles. The van der Waals surface area contributed by atoms with Crippen LogP contribution in [0.1, 0.15) is 81.9 Å². The topological polar surface area (TPSA) is 221 Å². The summed E-state index contributed by atoms with van der Waals surface area (Å²) in [6, 6.07) is 24.1. The maximum Gasteiger partial charge on any atom is 0.297 e. The Morgan fingerprint density at radius 3 is 2.04 bits per heavy atom. The van der Waals surface area contributed by atoms with Gasteiger partial charge in [0.2, 0.25) is 0 Å². The van der Waals surface area contributed by atoms with Crippen LogP contribution >= 0.6 is 56.3 Å². The first-order valence-corrected chi connectivity index (χ1v) is 27.7. The van der Waals surface area contributed by atoms with Gasteiger partial charge in [0.15, 0.2) is 27.3 Å². The molecule has 16 nitrogen and oxygen atoms in total. The SMILES string of the molecule is COS(=O)c1cc(NC(=S)NC(C)(C)C2CCCCCCCC2)ccc1/C=C/c1ccc(NC(=S)NNC(=O)C(Nc2ccc3ccccc3c2)C(=O)N/N=C/c2cc(Br)c(O)c(Br)c2)cc1S(=O)(=O)OC. The third-order valence-electron chi connectivity index (χ3n) is 11.9. The van der Waals surface area contributed by atoms with Crippen molar-refractivity contribution in [2.24, 2.45) is 11.0 Å². The minimum Gasteiger partial charge on any atom is -0.506 e. The van der Waals surface area contributed by atoms with E-state index < -0.39 is 39.1 Å². The van der Waals surface area contributed by atoms with Crippen molar-refractivity contribution in [3.8, 4) is 5.75 Å². The molecule has 5 aromatic carbocycles. The zero-order chi connectivity index (χ0) is 52.0. The van der Waals surface area contributed by atoms with E-state index >= 15 is 0 Å². The zero-order valence-electron chi connectivity index (χ0n) is 39.8. The number of nitrogens with zero attached hydrogens (tertiary/aromatic N) is 1. The number of hydrazine groups is 1. The molecule has 72 heavy (non-hydrogen) atoms. The third-order valence-corrected chi connectivity index (χ3v) is 15.9. The van der Waals surface area contributed by atoms with E-state index in [1.165, 1.54) is 70.1 Å². The lowest BCUT2D eigenvalue weighted by atomic mass is 9.80. The summed E-state index contributed by atoms with van der Waals surface area (Å²) in [6.07, 6.45) is 14.2. The van der Waals surface area contributed by atoms with Crippen LogP contribution < -0.4 is 37.5 Å². The van der Waals surface area contributed by atoms with Gasteiger partial charge in [-0.3, -0.25) is 28.8 Å². The second-order valence-corrected chi connectivity index (χ2v) is 22.8. The number of phenolic OH excluding ortho intramolecular Hbond substituents is 1. The van der Waals surface area contributed by atoms with Crippen molar-refractivity contribution in [3.63, 3.8) is 0 Å². The molecule has 22 heteroatoms. The highest BCUT2D eigenvalue weighted by Gasteiger charge is 2.30. The summed E-state index contributed by atoms with van der Waals surface area (Å²) in [6.45, 7) is 4.36. The standard InChI is InChI=1S/C50H56Br2N8O8S4/c1-50(2,36-15-9-7-5-6-8-10-16-36)57-48(69)55-38-23-20-33(42(28-38)71(64)67-3)17-18-34-21-24-39(29-43(34)72(65,66)68-4)56-49(70)60-59-47(63)44(54-37-22-19-32-13-11-12-14-35(32)27-37)46(62)58-53-30-31-25-40(51)45(61)41(52)26-31/h11-14,17-30,36,44,54,61H,5-10,15-16H2,1-4H3,(H,58,62)(H,59,63)(H2,55,57,69)(H2,56,60,70)/b18-17+,53-30+. The number of benzene rings is 5. The number of nitrogens with one attached hydrogen (secondary N) is 7. The predicted molar refractivity (Wildman–Crippen MR) is 301 cm³/mol. The lowest BCUT2D eigenvalue weighted by molar-refractivity contribution is -0.130. The fraction of sp³-hybridized carbons (Fsp3) is 0.300. The van der Waals surface area contributed by atoms with Gasteiger partial charge in [0, 0.05) is 22.6 Å². The number of hydrogen-bond acceptors (Lipinski definition) is 12. The van der Waals surface area contributed by atoms with E-state index in [9.17, 15) is 27.3 Å². The fourth-order valence-electron chi connectivity index (χ4n) is 8.07. The summed E-state index contributed by atoms with van der Waals surface area (Å²) in [7, 11) is -1.96. The van der Waals surface area contributed by atoms with Crippen LogP contribution in [-0.4, -0.2) is 71.8 Å². The van der Waals surface area contributed by atoms with E-state index in [1.807, 2.05) is 30.3 Å². The van der Waals surface area contributed by atoms with Crippen molar-refractivity contribution in [3.05, 3.63) is 117 Å². The highest BCUT2D eigenvalue weighted by Crippen LogP contribution is 2.34. The Morgan fingerprint density at radius 1 is 0.778 bits per heavy atom. The molecule has 0 aliphatic heterocycles. The highest BCUT2D eigenvalue weighted by atomic mass is 79.9. The number of carbonyl (C=O) groups is 2. The molecule has 2 unspecified atom stereocenters. The summed E-state index contributed by atoms with van der Waals surface area (Å²) in [5, 5.41) is 28.7. The van der Waals surface area contributed by atoms with Crippen molar-refractivity contribution in [2.45, 2.75) is 86.6 Å². The maximum atomic E-state index is 13.7. The molecule has 1 fully saturated rings. The maximum absolute atomic E-state index is 13.7. The number of anilines is 3. The first-order chi connectivity index (χ1) is 34.4. The van der Waals surface area contributed by atoms with Gasteiger partial charge in [-0.15, -0.1) is 0 Å². The summed E-state index contributed by atoms with van der Waals surface area (Å²) >= 11 is 15.8. The van der Waals surface area contributed by atoms with E-state index in [2.05, 4.69) is 88.4 Å². The number of aromatic hydroxyl groups is 1. The number of rotatable bonds is 16. The minimum absolute atomic E-state index is 0.00917. The quantitative estimate of drug-likeness (QED) is 0.0115. The van der Waals surface area contributed by atoms with Crippen LogP contribution in [0.3, 0.4) is 0 Å². The second kappa shape index (κ2) is 26.1. The number of hydrogen-bond donors (Lipinski definition) is 8. The van der Waals surface area contributed by atoms with Gasteiger partial charge in [0.1, 0.15) is 10.6 Å². The summed E-state index contributed by atoms with van der Waals surface area (Å²) in [4.78, 5) is 27.3. The van der Waals surface area contributed by atoms with E-state index in [0.29, 0.717) is 47.4 Å². The molecule has 1 aliphatic rings. The van der Waals surface area contributed by atoms with Gasteiger partial charge < -0.3 is 26.4 Å². The molecule has 0 heterocycles. The Morgan fingerprint density at radius 2 is 1.38 bits per heavy atom. The Bertz CT molecular complexity index is 2980. The zero-order valence-corrected chi connectivity index (χ0v) is 46.3. The number of hydrazone groups is 1. The molecule has 5 aromatic rings. The Labute approximate surface area is 450 Å². The normalized spacial score (nSPS) is 14.6. The lowest BCUT2D eigenvalue weighted by Crippen LogP contribution is -2.54. The van der Waals surface area contributed by atoms with Crippen LogP contribution in [0.15, 0.2) is 115 Å². The van der Waals surface area contributed by atoms with Crippen molar-refractivity contribution >= 4 is 146 Å². The predicted octanol–water partition coefficient (Wildman–Crippen LogP) is 10.0. The van der Waals surface area contributed by atoms with E-state index in [-0.39, 0.29) is 32.5 Å². The van der Waals surface area contributed by atoms with Gasteiger partial charge in [0.25, 0.3) is 21.9 Å². The van der Waals surface area contributed by atoms with Crippen molar-refractivity contribution < 1.29 is 35.7 Å². The number of phenols is 1. The van der Waals surface area contributed by atoms with Crippen LogP contribution in [0.4, 0.5) is 17.1 Å². The monoisotopic (exact) mass is 1180 g/mol. The van der Waals surface area contributed by atoms with E-state index in [1.54, 1.807) is 54.6 Å². The highest BCUT2D eigenvalue weighted by molar-refractivity contribution is 9.11. The summed E-state index contributed by atoms with van der Waals surface area (Å²) in [5.41, 5.74) is 9.61. The van der Waals surface area contributed by atoms with Crippen LogP contribution in [0.5, 0.6) is 5.75 Å². The van der Waals surface area contributed by atoms with Crippen LogP contribution in [0, 0.1) is 5.92 Å². The van der Waals surface area contributed by atoms with Crippen molar-refractivity contribution in [2.75, 3.05) is 30.2 Å². The van der Waals surface area contributed by atoms with Crippen LogP contribution in [0.25, 0.3) is 22.9 Å². The molecule has 0 aromatic heterocycles. The first-order valence-electron chi connectivity index (χ1n) is 22.8. The molecule has 0 radical (unpaired) electrons. The van der Waals surface area contributed by atoms with Gasteiger partial charge in [-0.25, -0.2) is 9.63 Å². The largest absolute Gasteiger partial charge is 0.506 e. The first kappa shape index (κ1) is 56.0. The van der Waals surface area contributed by atoms with Gasteiger partial charge in [-0.1, -0.05) is 93.1 Å². The average molecular weight is 1190 g/mol. The minimum atomic E-state index is -4.31. The molecule has 0 spiro atoms. The van der Waals surface area contributed by atoms with Gasteiger partial charge in [-0.05, 0) is 165 Å². The molecule has 1 aliphatic carbocycles. The number of thiocarbonyl (C=S) groups is 2. The van der Waals surface area contributed by atoms with Crippen molar-refractivity contribution in [1.29, 1.82) is 0 Å². The Balaban J connectivity index is 1.14. The molecule has 0 saturated heterocycles. The molecule has 382 valence electrons. The second-order valence-electron chi connectivity index (χ2n) is 17.3. The molecule has 6 rings (SSSR count). The summed E-state index contributed by atoms with van der Waals surface area (Å²) in [5.74, 6) is -1.23. The molecular formula is C50H56Br2N8O8S4. The number of halogens is 2. The Kier molecular flexibility index (Phi) is 20.3. The molecule has 0 bridgehead atoms. The van der Waals surface area contributed by atoms with Crippen LogP contribution in [-0.2, 0) is 39.2 Å². The molecular weight excluding hydrogens is 1130 g/mol. The Hall–Kier alpha value is -5.33. The van der Waals surface area contributed by atoms with Crippen LogP contribution in [0.2, 0.25) is 0 Å². The molecule has 2 atom stereocenters. The van der Waals surface area contributed by atoms with E-state index in [4.69, 9.17) is 32.8 Å². The molecule has 8 N–H and O–H groups in total. The number of fused-ring (bicyclic) bond motifs is 1. The average Bonchev–Trinajstić information content (AvgIpc) is 3.50. The van der Waals surface area contributed by atoms with E-state index in [0.717, 1.165) is 30.7 Å². The smallest absolute Gasteiger partial charge is 0.297 e. The fourth-order valence-corrected chi connectivity index (χ4v) is 11.5. The summed E-state index contributed by atoms with van der Waals surface area (Å²) < 4.78 is 50.7. The lowest BCUT2D eigenvalue weighted by Gasteiger charge is -2.36. The number of amides is 2. The third kappa shape index (κ3) is 15.6. The number of carbonyl (C=O) groups excluding carboxylic acids is 2. The molecule has 2 amide bonds. The van der Waals surface area contributed by atoms with Gasteiger partial charge in [-0.2, -0.15) is 13.5 Å². The van der Waals surface area contributed by atoms with Gasteiger partial charge >= 0.3 is 0 Å². The van der Waals surface area contributed by atoms with Crippen molar-refractivity contribution in [1.82, 2.24) is 21.6 Å².